The third-order valence-corrected chi connectivity index (χ3v) is 5.51. The molecular weight excluding hydrogens is 400 g/mol. The van der Waals surface area contributed by atoms with Gasteiger partial charge in [-0.05, 0) is 38.3 Å². The molecule has 1 aliphatic rings. The molecule has 0 saturated heterocycles. The van der Waals surface area contributed by atoms with Gasteiger partial charge in [-0.3, -0.25) is 24.0 Å². The van der Waals surface area contributed by atoms with Crippen molar-refractivity contribution in [3.63, 3.8) is 0 Å². The van der Waals surface area contributed by atoms with Gasteiger partial charge in [0.1, 0.15) is 6.54 Å². The number of aryl methyl sites for hydroxylation is 1. The van der Waals surface area contributed by atoms with Crippen LogP contribution in [0.2, 0.25) is 0 Å². The molecule has 1 aromatic heterocycles. The molecule has 0 radical (unpaired) electrons. The predicted molar refractivity (Wildman–Crippen MR) is 116 cm³/mol. The molecule has 31 heavy (non-hydrogen) atoms. The Kier molecular flexibility index (Phi) is 7.49. The van der Waals surface area contributed by atoms with Crippen molar-refractivity contribution in [3.05, 3.63) is 34.7 Å². The number of hydrogen-bond donors (Lipinski definition) is 2. The van der Waals surface area contributed by atoms with Crippen LogP contribution in [0.5, 0.6) is 0 Å². The highest BCUT2D eigenvalue weighted by Crippen LogP contribution is 2.17. The summed E-state index contributed by atoms with van der Waals surface area (Å²) >= 11 is 0. The van der Waals surface area contributed by atoms with Crippen molar-refractivity contribution >= 4 is 28.9 Å². The van der Waals surface area contributed by atoms with Crippen molar-refractivity contribution in [2.75, 3.05) is 0 Å². The number of amides is 3. The first-order chi connectivity index (χ1) is 14.9. The van der Waals surface area contributed by atoms with Gasteiger partial charge in [0.15, 0.2) is 6.10 Å². The molecule has 1 heterocycles. The van der Waals surface area contributed by atoms with Gasteiger partial charge in [-0.2, -0.15) is 0 Å². The van der Waals surface area contributed by atoms with Crippen LogP contribution < -0.4 is 16.3 Å². The molecule has 168 valence electrons. The molecule has 9 heteroatoms. The van der Waals surface area contributed by atoms with Gasteiger partial charge in [-0.1, -0.05) is 38.3 Å². The Morgan fingerprint density at radius 3 is 2.39 bits per heavy atom. The number of urea groups is 1. The largest absolute Gasteiger partial charge is 0.451 e. The number of esters is 1. The summed E-state index contributed by atoms with van der Waals surface area (Å²) in [5.41, 5.74) is 1.07. The van der Waals surface area contributed by atoms with Gasteiger partial charge in [0.25, 0.3) is 5.91 Å². The Morgan fingerprint density at radius 2 is 1.74 bits per heavy atom. The predicted octanol–water partition coefficient (Wildman–Crippen LogP) is 2.30. The maximum absolute atomic E-state index is 12.8. The van der Waals surface area contributed by atoms with Crippen LogP contribution in [0.25, 0.3) is 11.0 Å². The normalized spacial score (nSPS) is 15.4. The first-order valence-corrected chi connectivity index (χ1v) is 10.9. The fraction of sp³-hybridized carbons (Fsp3) is 0.545. The molecule has 0 bridgehead atoms. The third kappa shape index (κ3) is 5.53. The quantitative estimate of drug-likeness (QED) is 0.655. The van der Waals surface area contributed by atoms with Crippen molar-refractivity contribution in [1.82, 2.24) is 19.8 Å². The van der Waals surface area contributed by atoms with Crippen LogP contribution in [0.3, 0.4) is 0 Å². The molecule has 1 aliphatic carbocycles. The van der Waals surface area contributed by atoms with Crippen LogP contribution in [0.1, 0.15) is 52.4 Å². The van der Waals surface area contributed by atoms with E-state index in [0.29, 0.717) is 12.1 Å². The molecule has 3 amide bonds. The van der Waals surface area contributed by atoms with Gasteiger partial charge in [0.05, 0.1) is 11.0 Å². The first kappa shape index (κ1) is 22.6. The number of para-hydroxylation sites is 2. The number of nitrogens with one attached hydrogen (secondary N) is 2. The van der Waals surface area contributed by atoms with E-state index in [9.17, 15) is 19.2 Å². The molecule has 1 unspecified atom stereocenters. The van der Waals surface area contributed by atoms with Gasteiger partial charge in [-0.25, -0.2) is 9.59 Å². The zero-order chi connectivity index (χ0) is 22.4. The Labute approximate surface area is 180 Å². The fourth-order valence-corrected chi connectivity index (χ4v) is 3.96. The molecule has 1 atom stereocenters. The lowest BCUT2D eigenvalue weighted by Gasteiger charge is -2.23. The zero-order valence-electron chi connectivity index (χ0n) is 18.1. The zero-order valence-corrected chi connectivity index (χ0v) is 18.1. The number of benzene rings is 1. The summed E-state index contributed by atoms with van der Waals surface area (Å²) in [5.74, 6) is -1.43. The second kappa shape index (κ2) is 10.3. The van der Waals surface area contributed by atoms with Crippen LogP contribution in [-0.2, 0) is 27.4 Å². The molecule has 1 saturated carbocycles. The molecule has 2 N–H and O–H groups in total. The topological polar surface area (TPSA) is 111 Å². The number of ether oxygens (including phenoxy) is 1. The minimum atomic E-state index is -1.16. The third-order valence-electron chi connectivity index (χ3n) is 5.51. The Bertz CT molecular complexity index is 1000. The van der Waals surface area contributed by atoms with E-state index >= 15 is 0 Å². The van der Waals surface area contributed by atoms with Gasteiger partial charge >= 0.3 is 17.7 Å². The highest BCUT2D eigenvalue weighted by Gasteiger charge is 2.23. The molecule has 0 aliphatic heterocycles. The number of hydrogen-bond acceptors (Lipinski definition) is 5. The van der Waals surface area contributed by atoms with E-state index in [1.54, 1.807) is 16.7 Å². The average molecular weight is 431 g/mol. The SMILES string of the molecule is CCCn1c(=O)n(CC(=O)OC(C)C(=O)NC(=O)NC2CCCCC2)c2ccccc21. The fourth-order valence-electron chi connectivity index (χ4n) is 3.96. The van der Waals surface area contributed by atoms with E-state index < -0.39 is 24.0 Å². The highest BCUT2D eigenvalue weighted by molar-refractivity contribution is 5.97. The van der Waals surface area contributed by atoms with Crippen molar-refractivity contribution in [3.8, 4) is 0 Å². The van der Waals surface area contributed by atoms with Crippen LogP contribution in [-0.4, -0.2) is 39.2 Å². The maximum Gasteiger partial charge on any atom is 0.329 e. The molecule has 0 spiro atoms. The van der Waals surface area contributed by atoms with Crippen LogP contribution >= 0.6 is 0 Å². The van der Waals surface area contributed by atoms with E-state index in [0.717, 1.165) is 44.0 Å². The monoisotopic (exact) mass is 430 g/mol. The Morgan fingerprint density at radius 1 is 1.10 bits per heavy atom. The summed E-state index contributed by atoms with van der Waals surface area (Å²) in [6.45, 7) is 3.58. The highest BCUT2D eigenvalue weighted by atomic mass is 16.5. The number of imidazole rings is 1. The number of fused-ring (bicyclic) bond motifs is 1. The van der Waals surface area contributed by atoms with Crippen molar-refractivity contribution in [2.24, 2.45) is 0 Å². The summed E-state index contributed by atoms with van der Waals surface area (Å²) in [7, 11) is 0. The summed E-state index contributed by atoms with van der Waals surface area (Å²) in [5, 5.41) is 5.00. The number of rotatable bonds is 7. The van der Waals surface area contributed by atoms with Crippen LogP contribution in [0.15, 0.2) is 29.1 Å². The lowest BCUT2D eigenvalue weighted by Crippen LogP contribution is -2.48. The van der Waals surface area contributed by atoms with Crippen molar-refractivity contribution in [1.29, 1.82) is 0 Å². The minimum absolute atomic E-state index is 0.0618. The minimum Gasteiger partial charge on any atom is -0.451 e. The van der Waals surface area contributed by atoms with Crippen LogP contribution in [0.4, 0.5) is 4.79 Å². The number of imide groups is 1. The Balaban J connectivity index is 1.59. The van der Waals surface area contributed by atoms with Gasteiger partial charge in [0, 0.05) is 12.6 Å². The molecule has 1 fully saturated rings. The molecule has 1 aromatic carbocycles. The van der Waals surface area contributed by atoms with Gasteiger partial charge in [-0.15, -0.1) is 0 Å². The summed E-state index contributed by atoms with van der Waals surface area (Å²) < 4.78 is 8.14. The Hall–Kier alpha value is -3.10. The van der Waals surface area contributed by atoms with Gasteiger partial charge in [0.2, 0.25) is 0 Å². The smallest absolute Gasteiger partial charge is 0.329 e. The van der Waals surface area contributed by atoms with E-state index in [2.05, 4.69) is 10.6 Å². The lowest BCUT2D eigenvalue weighted by molar-refractivity contribution is -0.155. The standard InChI is InChI=1S/C22H30N4O5/c1-3-13-25-17-11-7-8-12-18(17)26(22(25)30)14-19(27)31-15(2)20(28)24-21(29)23-16-9-5-4-6-10-16/h7-8,11-12,15-16H,3-6,9-10,13-14H2,1-2H3,(H2,23,24,28,29). The lowest BCUT2D eigenvalue weighted by atomic mass is 9.96. The molecule has 2 aromatic rings. The summed E-state index contributed by atoms with van der Waals surface area (Å²) in [6.07, 6.45) is 4.68. The van der Waals surface area contributed by atoms with E-state index in [1.165, 1.54) is 11.5 Å². The number of aromatic nitrogens is 2. The van der Waals surface area contributed by atoms with Gasteiger partial charge < -0.3 is 10.1 Å². The number of nitrogens with zero attached hydrogens (tertiary/aromatic N) is 2. The summed E-state index contributed by atoms with van der Waals surface area (Å²) in [6, 6.07) is 6.70. The molecular formula is C22H30N4O5. The molecule has 3 rings (SSSR count). The maximum atomic E-state index is 12.8. The number of carbonyl (C=O) groups is 3. The van der Waals surface area contributed by atoms with E-state index in [4.69, 9.17) is 4.74 Å². The first-order valence-electron chi connectivity index (χ1n) is 10.9. The average Bonchev–Trinajstić information content (AvgIpc) is 3.00. The van der Waals surface area contributed by atoms with E-state index in [-0.39, 0.29) is 18.3 Å². The number of carbonyl (C=O) groups excluding carboxylic acids is 3. The van der Waals surface area contributed by atoms with E-state index in [1.807, 2.05) is 19.1 Å². The van der Waals surface area contributed by atoms with Crippen molar-refractivity contribution < 1.29 is 19.1 Å². The second-order valence-corrected chi connectivity index (χ2v) is 7.94. The summed E-state index contributed by atoms with van der Waals surface area (Å²) in [4.78, 5) is 49.4. The van der Waals surface area contributed by atoms with Crippen LogP contribution in [0, 0.1) is 0 Å². The second-order valence-electron chi connectivity index (χ2n) is 7.94. The molecule has 9 nitrogen and oxygen atoms in total. The van der Waals surface area contributed by atoms with Crippen molar-refractivity contribution in [2.45, 2.75) is 77.6 Å².